The lowest BCUT2D eigenvalue weighted by molar-refractivity contribution is -0.131. The Bertz CT molecular complexity index is 519. The van der Waals surface area contributed by atoms with E-state index in [1.165, 1.54) is 12.8 Å². The van der Waals surface area contributed by atoms with E-state index >= 15 is 0 Å². The number of amides is 1. The second-order valence-electron chi connectivity index (χ2n) is 6.79. The molecule has 0 radical (unpaired) electrons. The molecule has 2 fully saturated rings. The molecule has 20 heavy (non-hydrogen) atoms. The minimum Gasteiger partial charge on any atom is -0.365 e. The molecule has 0 spiro atoms. The number of hydrogen-bond acceptors (Lipinski definition) is 4. The van der Waals surface area contributed by atoms with Gasteiger partial charge in [0.1, 0.15) is 11.6 Å². The molecule has 2 aliphatic rings. The van der Waals surface area contributed by atoms with E-state index < -0.39 is 0 Å². The molecule has 1 unspecified atom stereocenters. The molecule has 1 N–H and O–H groups in total. The van der Waals surface area contributed by atoms with Crippen molar-refractivity contribution >= 4 is 11.7 Å². The highest BCUT2D eigenvalue weighted by molar-refractivity contribution is 5.80. The maximum Gasteiger partial charge on any atom is 0.225 e. The number of carbonyl (C=O) groups is 1. The van der Waals surface area contributed by atoms with Crippen molar-refractivity contribution in [3.05, 3.63) is 18.1 Å². The number of aromatic nitrogens is 2. The first kappa shape index (κ1) is 13.3. The van der Waals surface area contributed by atoms with Crippen molar-refractivity contribution < 1.29 is 4.79 Å². The summed E-state index contributed by atoms with van der Waals surface area (Å²) in [5.74, 6) is 2.54. The molecule has 1 saturated carbocycles. The van der Waals surface area contributed by atoms with Crippen molar-refractivity contribution in [3.63, 3.8) is 0 Å². The number of carbonyl (C=O) groups excluding carboxylic acids is 1. The molecule has 0 aromatic carbocycles. The van der Waals surface area contributed by atoms with Crippen LogP contribution in [-0.2, 0) is 4.79 Å². The monoisotopic (exact) mass is 274 g/mol. The molecule has 1 aliphatic heterocycles. The smallest absolute Gasteiger partial charge is 0.225 e. The Morgan fingerprint density at radius 3 is 2.70 bits per heavy atom. The van der Waals surface area contributed by atoms with E-state index in [0.717, 1.165) is 18.2 Å². The van der Waals surface area contributed by atoms with Crippen molar-refractivity contribution in [3.8, 4) is 0 Å². The van der Waals surface area contributed by atoms with Gasteiger partial charge in [-0.05, 0) is 39.7 Å². The van der Waals surface area contributed by atoms with E-state index in [-0.39, 0.29) is 17.5 Å². The highest BCUT2D eigenvalue weighted by Gasteiger charge is 2.36. The largest absolute Gasteiger partial charge is 0.365 e. The zero-order chi connectivity index (χ0) is 14.3. The average molecular weight is 274 g/mol. The lowest BCUT2D eigenvalue weighted by atomic mass is 10.1. The fraction of sp³-hybridized carbons (Fsp3) is 0.667. The number of anilines is 1. The van der Waals surface area contributed by atoms with Crippen LogP contribution in [0, 0.1) is 0 Å². The highest BCUT2D eigenvalue weighted by Crippen LogP contribution is 2.38. The topological polar surface area (TPSA) is 58.1 Å². The van der Waals surface area contributed by atoms with Gasteiger partial charge in [0.25, 0.3) is 0 Å². The third kappa shape index (κ3) is 2.76. The molecule has 1 aromatic rings. The zero-order valence-electron chi connectivity index (χ0n) is 12.4. The summed E-state index contributed by atoms with van der Waals surface area (Å²) in [6, 6.07) is 2.03. The molecule has 0 bridgehead atoms. The third-order valence-corrected chi connectivity index (χ3v) is 3.90. The summed E-state index contributed by atoms with van der Waals surface area (Å²) >= 11 is 0. The molecule has 1 amide bonds. The van der Waals surface area contributed by atoms with E-state index in [4.69, 9.17) is 0 Å². The fourth-order valence-electron chi connectivity index (χ4n) is 2.65. The lowest BCUT2D eigenvalue weighted by Crippen LogP contribution is -2.43. The summed E-state index contributed by atoms with van der Waals surface area (Å²) in [5, 5.41) is 3.38. The molecule has 5 heteroatoms. The van der Waals surface area contributed by atoms with Crippen molar-refractivity contribution in [1.82, 2.24) is 14.9 Å². The zero-order valence-corrected chi connectivity index (χ0v) is 12.4. The molecule has 3 rings (SSSR count). The van der Waals surface area contributed by atoms with Gasteiger partial charge in [-0.1, -0.05) is 0 Å². The van der Waals surface area contributed by atoms with Gasteiger partial charge in [0.2, 0.25) is 5.91 Å². The summed E-state index contributed by atoms with van der Waals surface area (Å²) < 4.78 is 0. The second-order valence-corrected chi connectivity index (χ2v) is 6.79. The Kier molecular flexibility index (Phi) is 3.15. The predicted octanol–water partition coefficient (Wildman–Crippen LogP) is 2.17. The number of nitrogens with zero attached hydrogens (tertiary/aromatic N) is 3. The van der Waals surface area contributed by atoms with Gasteiger partial charge in [-0.3, -0.25) is 4.79 Å². The quantitative estimate of drug-likeness (QED) is 0.917. The number of hydrogen-bond donors (Lipinski definition) is 1. The van der Waals surface area contributed by atoms with Crippen LogP contribution in [0.3, 0.4) is 0 Å². The maximum atomic E-state index is 12.1. The van der Waals surface area contributed by atoms with E-state index in [2.05, 4.69) is 36.1 Å². The van der Waals surface area contributed by atoms with Gasteiger partial charge < -0.3 is 10.2 Å². The Morgan fingerprint density at radius 2 is 2.10 bits per heavy atom. The summed E-state index contributed by atoms with van der Waals surface area (Å²) in [6.45, 7) is 6.96. The Hall–Kier alpha value is -1.65. The number of likely N-dealkylation sites (tertiary alicyclic amines) is 1. The molecule has 2 heterocycles. The van der Waals surface area contributed by atoms with Gasteiger partial charge in [-0.25, -0.2) is 9.97 Å². The van der Waals surface area contributed by atoms with Gasteiger partial charge in [0, 0.05) is 30.6 Å². The van der Waals surface area contributed by atoms with Crippen LogP contribution in [0.4, 0.5) is 5.82 Å². The molecule has 1 saturated heterocycles. The summed E-state index contributed by atoms with van der Waals surface area (Å²) in [6.07, 6.45) is 4.74. The highest BCUT2D eigenvalue weighted by atomic mass is 16.2. The van der Waals surface area contributed by atoms with Crippen LogP contribution in [0.1, 0.15) is 51.8 Å². The molecule has 1 aromatic heterocycles. The standard InChI is InChI=1S/C15H22N4O/c1-15(2,3)19-9-11(8-13(19)20)17-12-6-7-16-14(18-12)10-4-5-10/h6-7,10-11H,4-5,8-9H2,1-3H3,(H,16,17,18). The minimum absolute atomic E-state index is 0.113. The average Bonchev–Trinajstić information content (AvgIpc) is 3.13. The minimum atomic E-state index is -0.113. The first-order chi connectivity index (χ1) is 9.43. The Morgan fingerprint density at radius 1 is 1.35 bits per heavy atom. The normalized spacial score (nSPS) is 23.2. The van der Waals surface area contributed by atoms with Gasteiger partial charge in [0.05, 0.1) is 6.04 Å². The molecule has 1 atom stereocenters. The van der Waals surface area contributed by atoms with Crippen molar-refractivity contribution in [2.75, 3.05) is 11.9 Å². The van der Waals surface area contributed by atoms with Gasteiger partial charge >= 0.3 is 0 Å². The van der Waals surface area contributed by atoms with Gasteiger partial charge in [-0.15, -0.1) is 0 Å². The van der Waals surface area contributed by atoms with Crippen LogP contribution in [0.25, 0.3) is 0 Å². The van der Waals surface area contributed by atoms with Crippen LogP contribution < -0.4 is 5.32 Å². The molecular formula is C15H22N4O. The van der Waals surface area contributed by atoms with Gasteiger partial charge in [-0.2, -0.15) is 0 Å². The van der Waals surface area contributed by atoms with E-state index in [9.17, 15) is 4.79 Å². The molecular weight excluding hydrogens is 252 g/mol. The first-order valence-corrected chi connectivity index (χ1v) is 7.33. The van der Waals surface area contributed by atoms with Crippen LogP contribution in [0.15, 0.2) is 12.3 Å². The molecule has 108 valence electrons. The fourth-order valence-corrected chi connectivity index (χ4v) is 2.65. The van der Waals surface area contributed by atoms with Crippen molar-refractivity contribution in [2.24, 2.45) is 0 Å². The SMILES string of the molecule is CC(C)(C)N1CC(Nc2ccnc(C3CC3)n2)CC1=O. The maximum absolute atomic E-state index is 12.1. The van der Waals surface area contributed by atoms with Crippen molar-refractivity contribution in [2.45, 2.75) is 57.5 Å². The lowest BCUT2D eigenvalue weighted by Gasteiger charge is -2.32. The molecule has 1 aliphatic carbocycles. The van der Waals surface area contributed by atoms with Crippen LogP contribution in [0.5, 0.6) is 0 Å². The van der Waals surface area contributed by atoms with Crippen molar-refractivity contribution in [1.29, 1.82) is 0 Å². The van der Waals surface area contributed by atoms with Crippen LogP contribution >= 0.6 is 0 Å². The van der Waals surface area contributed by atoms with Gasteiger partial charge in [0.15, 0.2) is 0 Å². The molecule has 5 nitrogen and oxygen atoms in total. The predicted molar refractivity (Wildman–Crippen MR) is 77.5 cm³/mol. The Labute approximate surface area is 119 Å². The summed E-state index contributed by atoms with van der Waals surface area (Å²) in [4.78, 5) is 22.9. The third-order valence-electron chi connectivity index (χ3n) is 3.90. The number of nitrogens with one attached hydrogen (secondary N) is 1. The second kappa shape index (κ2) is 4.72. The number of rotatable bonds is 3. The summed E-state index contributed by atoms with van der Waals surface area (Å²) in [7, 11) is 0. The van der Waals surface area contributed by atoms with Crippen LogP contribution in [-0.4, -0.2) is 38.9 Å². The summed E-state index contributed by atoms with van der Waals surface area (Å²) in [5.41, 5.74) is -0.113. The van der Waals surface area contributed by atoms with Crippen LogP contribution in [0.2, 0.25) is 0 Å². The first-order valence-electron chi connectivity index (χ1n) is 7.33. The Balaban J connectivity index is 1.67. The van der Waals surface area contributed by atoms with E-state index in [1.54, 1.807) is 6.20 Å². The van der Waals surface area contributed by atoms with E-state index in [0.29, 0.717) is 12.3 Å². The van der Waals surface area contributed by atoms with E-state index in [1.807, 2.05) is 11.0 Å².